The van der Waals surface area contributed by atoms with Crippen molar-refractivity contribution in [2.75, 3.05) is 6.61 Å². The molecular formula is C16H17BrINO. The van der Waals surface area contributed by atoms with E-state index < -0.39 is 0 Å². The Morgan fingerprint density at radius 2 is 1.95 bits per heavy atom. The monoisotopic (exact) mass is 445 g/mol. The van der Waals surface area contributed by atoms with E-state index in [1.165, 1.54) is 5.56 Å². The van der Waals surface area contributed by atoms with E-state index in [-0.39, 0.29) is 6.04 Å². The molecule has 0 saturated heterocycles. The predicted octanol–water partition coefficient (Wildman–Crippen LogP) is 4.81. The van der Waals surface area contributed by atoms with E-state index in [0.29, 0.717) is 6.61 Å². The van der Waals surface area contributed by atoms with Crippen LogP contribution in [0.1, 0.15) is 29.7 Å². The lowest BCUT2D eigenvalue weighted by atomic mass is 9.97. The first-order valence-electron chi connectivity index (χ1n) is 6.46. The molecule has 2 nitrogen and oxygen atoms in total. The van der Waals surface area contributed by atoms with Crippen molar-refractivity contribution in [1.29, 1.82) is 0 Å². The molecule has 0 aromatic heterocycles. The molecule has 0 bridgehead atoms. The number of hydrogen-bond donors (Lipinski definition) is 1. The molecule has 0 radical (unpaired) electrons. The molecular weight excluding hydrogens is 429 g/mol. The zero-order chi connectivity index (χ0) is 14.7. The second-order valence-corrected chi connectivity index (χ2v) is 6.70. The van der Waals surface area contributed by atoms with Gasteiger partial charge in [0.15, 0.2) is 0 Å². The second-order valence-electron chi connectivity index (χ2n) is 4.62. The zero-order valence-electron chi connectivity index (χ0n) is 11.5. The normalized spacial score (nSPS) is 12.2. The van der Waals surface area contributed by atoms with E-state index >= 15 is 0 Å². The maximum absolute atomic E-state index is 6.48. The van der Waals surface area contributed by atoms with Gasteiger partial charge in [-0.05, 0) is 66.3 Å². The SMILES string of the molecule is CCOc1ccc(C)cc1C(N)c1cc(Br)ccc1I. The van der Waals surface area contributed by atoms with Gasteiger partial charge in [0.1, 0.15) is 5.75 Å². The maximum Gasteiger partial charge on any atom is 0.124 e. The summed E-state index contributed by atoms with van der Waals surface area (Å²) in [5.41, 5.74) is 9.80. The summed E-state index contributed by atoms with van der Waals surface area (Å²) in [5.74, 6) is 0.862. The summed E-state index contributed by atoms with van der Waals surface area (Å²) >= 11 is 5.83. The fraction of sp³-hybridized carbons (Fsp3) is 0.250. The molecule has 1 unspecified atom stereocenters. The molecule has 0 heterocycles. The van der Waals surface area contributed by atoms with Crippen LogP contribution in [0, 0.1) is 10.5 Å². The number of halogens is 2. The molecule has 0 spiro atoms. The minimum Gasteiger partial charge on any atom is -0.494 e. The number of benzene rings is 2. The van der Waals surface area contributed by atoms with E-state index in [1.807, 2.05) is 25.1 Å². The smallest absolute Gasteiger partial charge is 0.124 e. The van der Waals surface area contributed by atoms with Crippen molar-refractivity contribution in [2.24, 2.45) is 5.73 Å². The molecule has 0 aliphatic carbocycles. The minimum absolute atomic E-state index is 0.194. The highest BCUT2D eigenvalue weighted by Crippen LogP contribution is 2.32. The molecule has 2 rings (SSSR count). The van der Waals surface area contributed by atoms with E-state index in [4.69, 9.17) is 10.5 Å². The van der Waals surface area contributed by atoms with Gasteiger partial charge in [-0.25, -0.2) is 0 Å². The topological polar surface area (TPSA) is 35.2 Å². The van der Waals surface area contributed by atoms with Crippen LogP contribution in [0.15, 0.2) is 40.9 Å². The first kappa shape index (κ1) is 15.8. The summed E-state index contributed by atoms with van der Waals surface area (Å²) in [5, 5.41) is 0. The van der Waals surface area contributed by atoms with Crippen LogP contribution in [0.4, 0.5) is 0 Å². The number of rotatable bonds is 4. The van der Waals surface area contributed by atoms with Gasteiger partial charge in [-0.3, -0.25) is 0 Å². The molecule has 4 heteroatoms. The predicted molar refractivity (Wildman–Crippen MR) is 95.2 cm³/mol. The number of hydrogen-bond acceptors (Lipinski definition) is 2. The van der Waals surface area contributed by atoms with Crippen molar-refractivity contribution in [3.05, 3.63) is 61.1 Å². The molecule has 0 amide bonds. The Morgan fingerprint density at radius 3 is 2.65 bits per heavy atom. The van der Waals surface area contributed by atoms with Gasteiger partial charge in [0.05, 0.1) is 12.6 Å². The van der Waals surface area contributed by atoms with E-state index in [1.54, 1.807) is 0 Å². The highest BCUT2D eigenvalue weighted by atomic mass is 127. The van der Waals surface area contributed by atoms with Gasteiger partial charge in [0, 0.05) is 13.6 Å². The summed E-state index contributed by atoms with van der Waals surface area (Å²) in [4.78, 5) is 0. The number of nitrogens with two attached hydrogens (primary N) is 1. The van der Waals surface area contributed by atoms with Gasteiger partial charge in [-0.15, -0.1) is 0 Å². The fourth-order valence-electron chi connectivity index (χ4n) is 2.12. The molecule has 0 aliphatic heterocycles. The number of aryl methyl sites for hydroxylation is 1. The van der Waals surface area contributed by atoms with Gasteiger partial charge in [0.2, 0.25) is 0 Å². The molecule has 20 heavy (non-hydrogen) atoms. The molecule has 2 aromatic rings. The Bertz CT molecular complexity index is 615. The van der Waals surface area contributed by atoms with Crippen molar-refractivity contribution < 1.29 is 4.74 Å². The van der Waals surface area contributed by atoms with Crippen molar-refractivity contribution in [1.82, 2.24) is 0 Å². The first-order chi connectivity index (χ1) is 9.52. The summed E-state index contributed by atoms with van der Waals surface area (Å²) in [6, 6.07) is 12.1. The van der Waals surface area contributed by atoms with Gasteiger partial charge in [-0.2, -0.15) is 0 Å². The van der Waals surface area contributed by atoms with Crippen LogP contribution in [0.3, 0.4) is 0 Å². The Hall–Kier alpha value is -0.590. The Labute approximate surface area is 142 Å². The summed E-state index contributed by atoms with van der Waals surface area (Å²) in [7, 11) is 0. The highest BCUT2D eigenvalue weighted by molar-refractivity contribution is 14.1. The van der Waals surface area contributed by atoms with Gasteiger partial charge < -0.3 is 10.5 Å². The average molecular weight is 446 g/mol. The third-order valence-electron chi connectivity index (χ3n) is 3.09. The van der Waals surface area contributed by atoms with E-state index in [2.05, 4.69) is 63.6 Å². The maximum atomic E-state index is 6.48. The second kappa shape index (κ2) is 6.91. The van der Waals surface area contributed by atoms with E-state index in [0.717, 1.165) is 24.9 Å². The third kappa shape index (κ3) is 3.54. The van der Waals surface area contributed by atoms with Crippen molar-refractivity contribution >= 4 is 38.5 Å². The first-order valence-corrected chi connectivity index (χ1v) is 8.34. The molecule has 0 fully saturated rings. The molecule has 2 aromatic carbocycles. The lowest BCUT2D eigenvalue weighted by Gasteiger charge is -2.19. The van der Waals surface area contributed by atoms with Crippen LogP contribution in [0.2, 0.25) is 0 Å². The van der Waals surface area contributed by atoms with Crippen molar-refractivity contribution in [3.63, 3.8) is 0 Å². The Kier molecular flexibility index (Phi) is 5.46. The van der Waals surface area contributed by atoms with Gasteiger partial charge >= 0.3 is 0 Å². The Balaban J connectivity index is 2.49. The molecule has 2 N–H and O–H groups in total. The molecule has 106 valence electrons. The molecule has 1 atom stereocenters. The Morgan fingerprint density at radius 1 is 1.20 bits per heavy atom. The fourth-order valence-corrected chi connectivity index (χ4v) is 3.17. The van der Waals surface area contributed by atoms with Crippen LogP contribution in [-0.4, -0.2) is 6.61 Å². The van der Waals surface area contributed by atoms with Gasteiger partial charge in [-0.1, -0.05) is 33.6 Å². The van der Waals surface area contributed by atoms with Crippen molar-refractivity contribution in [2.45, 2.75) is 19.9 Å². The van der Waals surface area contributed by atoms with Gasteiger partial charge in [0.25, 0.3) is 0 Å². The summed E-state index contributed by atoms with van der Waals surface area (Å²) in [6.07, 6.45) is 0. The molecule has 0 saturated carbocycles. The highest BCUT2D eigenvalue weighted by Gasteiger charge is 2.17. The largest absolute Gasteiger partial charge is 0.494 e. The van der Waals surface area contributed by atoms with Crippen LogP contribution in [0.5, 0.6) is 5.75 Å². The van der Waals surface area contributed by atoms with Crippen LogP contribution < -0.4 is 10.5 Å². The molecule has 0 aliphatic rings. The summed E-state index contributed by atoms with van der Waals surface area (Å²) in [6.45, 7) is 4.69. The lowest BCUT2D eigenvalue weighted by molar-refractivity contribution is 0.335. The average Bonchev–Trinajstić information content (AvgIpc) is 2.43. The zero-order valence-corrected chi connectivity index (χ0v) is 15.2. The number of ether oxygens (including phenoxy) is 1. The van der Waals surface area contributed by atoms with Crippen molar-refractivity contribution in [3.8, 4) is 5.75 Å². The third-order valence-corrected chi connectivity index (χ3v) is 4.57. The van der Waals surface area contributed by atoms with Crippen LogP contribution in [-0.2, 0) is 0 Å². The van der Waals surface area contributed by atoms with Crippen LogP contribution in [0.25, 0.3) is 0 Å². The lowest BCUT2D eigenvalue weighted by Crippen LogP contribution is -2.15. The summed E-state index contributed by atoms with van der Waals surface area (Å²) < 4.78 is 7.90. The minimum atomic E-state index is -0.194. The standard InChI is InChI=1S/C16H17BrINO/c1-3-20-15-7-4-10(2)8-13(15)16(19)12-9-11(17)5-6-14(12)18/h4-9,16H,3,19H2,1-2H3. The van der Waals surface area contributed by atoms with E-state index in [9.17, 15) is 0 Å². The quantitative estimate of drug-likeness (QED) is 0.685. The van der Waals surface area contributed by atoms with Crippen LogP contribution >= 0.6 is 38.5 Å².